The van der Waals surface area contributed by atoms with Gasteiger partial charge in [0, 0.05) is 6.42 Å². The van der Waals surface area contributed by atoms with Crippen LogP contribution in [0.25, 0.3) is 0 Å². The first-order chi connectivity index (χ1) is 10.2. The Bertz CT molecular complexity index is 708. The van der Waals surface area contributed by atoms with Gasteiger partial charge in [-0.05, 0) is 55.6 Å². The van der Waals surface area contributed by atoms with Crippen molar-refractivity contribution in [1.29, 1.82) is 0 Å². The van der Waals surface area contributed by atoms with E-state index in [0.717, 1.165) is 34.9 Å². The van der Waals surface area contributed by atoms with Crippen LogP contribution in [0.4, 0.5) is 0 Å². The van der Waals surface area contributed by atoms with Crippen molar-refractivity contribution >= 4 is 66.3 Å². The molecule has 3 rings (SSSR count). The Morgan fingerprint density at radius 3 is 2.48 bits per heavy atom. The van der Waals surface area contributed by atoms with Crippen LogP contribution in [-0.4, -0.2) is 15.2 Å². The molecule has 3 aromatic rings. The molecule has 0 atom stereocenters. The molecular formula is C13H9Br2N3S3. The van der Waals surface area contributed by atoms with E-state index in [9.17, 15) is 0 Å². The average Bonchev–Trinajstić information content (AvgIpc) is 3.05. The van der Waals surface area contributed by atoms with Crippen molar-refractivity contribution in [3.63, 3.8) is 0 Å². The Morgan fingerprint density at radius 2 is 1.76 bits per heavy atom. The van der Waals surface area contributed by atoms with E-state index in [0.29, 0.717) is 0 Å². The van der Waals surface area contributed by atoms with Gasteiger partial charge in [-0.2, -0.15) is 0 Å². The number of rotatable bonds is 5. The number of benzene rings is 1. The van der Waals surface area contributed by atoms with Crippen molar-refractivity contribution in [3.05, 3.63) is 49.3 Å². The topological polar surface area (TPSA) is 38.7 Å². The number of hydrogen-bond acceptors (Lipinski definition) is 6. The van der Waals surface area contributed by atoms with Crippen LogP contribution in [0.15, 0.2) is 47.4 Å². The third-order valence-corrected chi connectivity index (χ3v) is 7.79. The van der Waals surface area contributed by atoms with E-state index in [2.05, 4.69) is 71.3 Å². The van der Waals surface area contributed by atoms with Gasteiger partial charge in [-0.15, -0.1) is 10.2 Å². The molecule has 0 N–H and O–H groups in total. The minimum absolute atomic E-state index is 0.837. The van der Waals surface area contributed by atoms with Gasteiger partial charge in [0.1, 0.15) is 13.4 Å². The maximum atomic E-state index is 4.40. The fourth-order valence-corrected chi connectivity index (χ4v) is 6.05. The summed E-state index contributed by atoms with van der Waals surface area (Å²) in [5.41, 5.74) is 1.33. The minimum atomic E-state index is 0.837. The zero-order valence-corrected chi connectivity index (χ0v) is 16.2. The molecule has 0 aliphatic carbocycles. The lowest BCUT2D eigenvalue weighted by atomic mass is 10.1. The summed E-state index contributed by atoms with van der Waals surface area (Å²) in [5, 5.41) is 9.55. The molecule has 0 radical (unpaired) electrons. The van der Waals surface area contributed by atoms with E-state index in [1.807, 2.05) is 6.07 Å². The van der Waals surface area contributed by atoms with Gasteiger partial charge in [-0.25, -0.2) is 4.98 Å². The summed E-state index contributed by atoms with van der Waals surface area (Å²) in [7, 11) is 0. The normalized spacial score (nSPS) is 11.0. The Labute approximate surface area is 151 Å². The highest BCUT2D eigenvalue weighted by Crippen LogP contribution is 2.38. The minimum Gasteiger partial charge on any atom is -0.221 e. The van der Waals surface area contributed by atoms with Crippen molar-refractivity contribution in [3.8, 4) is 0 Å². The van der Waals surface area contributed by atoms with Crippen molar-refractivity contribution in [2.24, 2.45) is 0 Å². The maximum absolute atomic E-state index is 4.40. The van der Waals surface area contributed by atoms with Gasteiger partial charge in [0.25, 0.3) is 0 Å². The van der Waals surface area contributed by atoms with E-state index in [1.165, 1.54) is 5.56 Å². The lowest BCUT2D eigenvalue weighted by Gasteiger charge is -1.96. The summed E-state index contributed by atoms with van der Waals surface area (Å²) >= 11 is 11.6. The number of aryl methyl sites for hydroxylation is 2. The highest BCUT2D eigenvalue weighted by atomic mass is 79.9. The van der Waals surface area contributed by atoms with Crippen LogP contribution < -0.4 is 0 Å². The largest absolute Gasteiger partial charge is 0.221 e. The molecule has 0 aliphatic rings. The summed E-state index contributed by atoms with van der Waals surface area (Å²) in [6.45, 7) is 0. The van der Waals surface area contributed by atoms with Crippen LogP contribution in [0.2, 0.25) is 0 Å². The predicted molar refractivity (Wildman–Crippen MR) is 95.4 cm³/mol. The molecule has 8 heteroatoms. The molecule has 0 bridgehead atoms. The zero-order chi connectivity index (χ0) is 14.7. The van der Waals surface area contributed by atoms with Gasteiger partial charge in [-0.3, -0.25) is 0 Å². The lowest BCUT2D eigenvalue weighted by molar-refractivity contribution is 0.888. The molecule has 0 unspecified atom stereocenters. The first-order valence-corrected chi connectivity index (χ1v) is 10.1. The van der Waals surface area contributed by atoms with Crippen LogP contribution >= 0.6 is 66.3 Å². The number of hydrogen-bond donors (Lipinski definition) is 0. The standard InChI is InChI=1S/C13H9Br2N3S3/c14-10-11(15)20-12(16-10)21-13-18-17-9(19-13)7-6-8-4-2-1-3-5-8/h1-5H,6-7H2. The molecule has 1 aromatic carbocycles. The third-order valence-electron chi connectivity index (χ3n) is 2.62. The summed E-state index contributed by atoms with van der Waals surface area (Å²) < 4.78 is 3.73. The van der Waals surface area contributed by atoms with Crippen molar-refractivity contribution in [2.45, 2.75) is 21.5 Å². The zero-order valence-electron chi connectivity index (χ0n) is 10.6. The molecule has 0 fully saturated rings. The van der Waals surface area contributed by atoms with E-state index in [-0.39, 0.29) is 0 Å². The highest BCUT2D eigenvalue weighted by Gasteiger charge is 2.11. The predicted octanol–water partition coefficient (Wildman–Crippen LogP) is 5.46. The molecule has 0 aliphatic heterocycles. The second kappa shape index (κ2) is 7.32. The number of halogens is 2. The second-order valence-corrected chi connectivity index (χ2v) is 9.72. The van der Waals surface area contributed by atoms with Crippen molar-refractivity contribution < 1.29 is 0 Å². The monoisotopic (exact) mass is 461 g/mol. The Balaban J connectivity index is 1.61. The Hall–Kier alpha value is -0.280. The highest BCUT2D eigenvalue weighted by molar-refractivity contribution is 9.13. The van der Waals surface area contributed by atoms with E-state index in [1.54, 1.807) is 34.4 Å². The molecule has 0 amide bonds. The van der Waals surface area contributed by atoms with Crippen molar-refractivity contribution in [2.75, 3.05) is 0 Å². The van der Waals surface area contributed by atoms with E-state index in [4.69, 9.17) is 0 Å². The Morgan fingerprint density at radius 1 is 0.952 bits per heavy atom. The molecule has 2 heterocycles. The molecule has 108 valence electrons. The SMILES string of the molecule is Brc1nc(Sc2nnc(CCc3ccccc3)s2)sc1Br. The van der Waals surface area contributed by atoms with Gasteiger partial charge in [-0.1, -0.05) is 53.0 Å². The molecular weight excluding hydrogens is 454 g/mol. The van der Waals surface area contributed by atoms with Crippen LogP contribution in [-0.2, 0) is 12.8 Å². The van der Waals surface area contributed by atoms with Crippen LogP contribution in [0, 0.1) is 0 Å². The summed E-state index contributed by atoms with van der Waals surface area (Å²) in [6.07, 6.45) is 1.92. The fraction of sp³-hybridized carbons (Fsp3) is 0.154. The number of nitrogens with zero attached hydrogens (tertiary/aromatic N) is 3. The van der Waals surface area contributed by atoms with Gasteiger partial charge >= 0.3 is 0 Å². The number of aromatic nitrogens is 3. The first-order valence-electron chi connectivity index (χ1n) is 6.06. The van der Waals surface area contributed by atoms with Crippen molar-refractivity contribution in [1.82, 2.24) is 15.2 Å². The van der Waals surface area contributed by atoms with Crippen LogP contribution in [0.3, 0.4) is 0 Å². The van der Waals surface area contributed by atoms with E-state index < -0.39 is 0 Å². The molecule has 0 saturated carbocycles. The molecule has 0 spiro atoms. The summed E-state index contributed by atoms with van der Waals surface area (Å²) in [4.78, 5) is 4.40. The lowest BCUT2D eigenvalue weighted by Crippen LogP contribution is -1.89. The average molecular weight is 463 g/mol. The van der Waals surface area contributed by atoms with Crippen LogP contribution in [0.5, 0.6) is 0 Å². The van der Waals surface area contributed by atoms with Gasteiger partial charge in [0.15, 0.2) is 8.68 Å². The number of thiazole rings is 1. The summed E-state index contributed by atoms with van der Waals surface area (Å²) in [5.74, 6) is 0. The molecule has 3 nitrogen and oxygen atoms in total. The molecule has 0 saturated heterocycles. The smallest absolute Gasteiger partial charge is 0.181 e. The van der Waals surface area contributed by atoms with Gasteiger partial charge in [0.2, 0.25) is 0 Å². The van der Waals surface area contributed by atoms with E-state index >= 15 is 0 Å². The van der Waals surface area contributed by atoms with Gasteiger partial charge < -0.3 is 0 Å². The molecule has 2 aromatic heterocycles. The fourth-order valence-electron chi connectivity index (χ4n) is 1.66. The van der Waals surface area contributed by atoms with Gasteiger partial charge in [0.05, 0.1) is 0 Å². The second-order valence-electron chi connectivity index (χ2n) is 4.09. The molecule has 21 heavy (non-hydrogen) atoms. The van der Waals surface area contributed by atoms with Crippen LogP contribution in [0.1, 0.15) is 10.6 Å². The Kier molecular flexibility index (Phi) is 5.44. The summed E-state index contributed by atoms with van der Waals surface area (Å²) in [6, 6.07) is 10.4. The first kappa shape index (κ1) is 15.6. The third kappa shape index (κ3) is 4.35. The maximum Gasteiger partial charge on any atom is 0.181 e. The quantitative estimate of drug-likeness (QED) is 0.504.